The van der Waals surface area contributed by atoms with E-state index in [4.69, 9.17) is 10.5 Å². The number of Topliss-reactive ketones (excluding diaryl/α,β-unsaturated/α-hetero) is 1. The smallest absolute Gasteiger partial charge is 0.156 e. The Hall–Kier alpha value is -0.780. The molecule has 0 spiro atoms. The fourth-order valence-corrected chi connectivity index (χ4v) is 1.68. The van der Waals surface area contributed by atoms with Crippen LogP contribution in [0.2, 0.25) is 0 Å². The zero-order chi connectivity index (χ0) is 12.1. The summed E-state index contributed by atoms with van der Waals surface area (Å²) in [5, 5.41) is 0. The molecule has 5 heteroatoms. The number of carbonyl (C=O) groups excluding carboxylic acids is 1. The normalized spacial score (nSPS) is 12.5. The molecule has 0 saturated heterocycles. The van der Waals surface area contributed by atoms with Crippen molar-refractivity contribution in [2.75, 3.05) is 13.7 Å². The molecule has 0 bridgehead atoms. The highest BCUT2D eigenvalue weighted by molar-refractivity contribution is 9.10. The summed E-state index contributed by atoms with van der Waals surface area (Å²) >= 11 is 3.10. The lowest BCUT2D eigenvalue weighted by Gasteiger charge is -2.10. The van der Waals surface area contributed by atoms with E-state index in [9.17, 15) is 9.18 Å². The Morgan fingerprint density at radius 3 is 2.94 bits per heavy atom. The molecule has 0 amide bonds. The van der Waals surface area contributed by atoms with Gasteiger partial charge in [0.1, 0.15) is 5.82 Å². The molecule has 1 aromatic carbocycles. The molecule has 0 saturated carbocycles. The van der Waals surface area contributed by atoms with Gasteiger partial charge in [0.2, 0.25) is 0 Å². The Kier molecular flexibility index (Phi) is 5.05. The molecule has 1 rings (SSSR count). The van der Waals surface area contributed by atoms with Crippen LogP contribution in [0.4, 0.5) is 4.39 Å². The maximum Gasteiger partial charge on any atom is 0.156 e. The number of rotatable bonds is 5. The van der Waals surface area contributed by atoms with Crippen molar-refractivity contribution in [3.05, 3.63) is 34.1 Å². The molecule has 1 aromatic rings. The van der Waals surface area contributed by atoms with Crippen LogP contribution in [0, 0.1) is 5.82 Å². The molecule has 0 aliphatic heterocycles. The van der Waals surface area contributed by atoms with E-state index in [1.807, 2.05) is 0 Å². The Morgan fingerprint density at radius 1 is 1.62 bits per heavy atom. The van der Waals surface area contributed by atoms with Gasteiger partial charge in [0.25, 0.3) is 0 Å². The van der Waals surface area contributed by atoms with Gasteiger partial charge in [0.05, 0.1) is 17.1 Å². The summed E-state index contributed by atoms with van der Waals surface area (Å²) in [4.78, 5) is 11.6. The second-order valence-electron chi connectivity index (χ2n) is 3.42. The molecule has 3 nitrogen and oxygen atoms in total. The van der Waals surface area contributed by atoms with Crippen LogP contribution in [0.1, 0.15) is 5.56 Å². The number of ketones is 1. The first-order valence-electron chi connectivity index (χ1n) is 4.76. The van der Waals surface area contributed by atoms with Gasteiger partial charge in [-0.2, -0.15) is 0 Å². The second-order valence-corrected chi connectivity index (χ2v) is 4.21. The average molecular weight is 290 g/mol. The number of hydrogen-bond donors (Lipinski definition) is 1. The van der Waals surface area contributed by atoms with Crippen molar-refractivity contribution in [1.82, 2.24) is 0 Å². The molecule has 0 aliphatic rings. The van der Waals surface area contributed by atoms with Crippen molar-refractivity contribution in [2.45, 2.75) is 12.5 Å². The maximum absolute atomic E-state index is 13.2. The number of ether oxygens (including phenoxy) is 1. The summed E-state index contributed by atoms with van der Waals surface area (Å²) in [5.41, 5.74) is 6.17. The van der Waals surface area contributed by atoms with Crippen LogP contribution in [0.5, 0.6) is 0 Å². The van der Waals surface area contributed by atoms with E-state index in [1.54, 1.807) is 12.1 Å². The molecule has 16 heavy (non-hydrogen) atoms. The highest BCUT2D eigenvalue weighted by atomic mass is 79.9. The van der Waals surface area contributed by atoms with Gasteiger partial charge in [0, 0.05) is 13.5 Å². The van der Waals surface area contributed by atoms with Crippen LogP contribution >= 0.6 is 15.9 Å². The summed E-state index contributed by atoms with van der Waals surface area (Å²) in [7, 11) is 1.48. The van der Waals surface area contributed by atoms with Gasteiger partial charge < -0.3 is 10.5 Å². The molecule has 0 heterocycles. The molecule has 0 aromatic heterocycles. The van der Waals surface area contributed by atoms with Crippen LogP contribution < -0.4 is 5.73 Å². The van der Waals surface area contributed by atoms with E-state index in [2.05, 4.69) is 15.9 Å². The molecule has 0 fully saturated rings. The fourth-order valence-electron chi connectivity index (χ4n) is 1.28. The van der Waals surface area contributed by atoms with Crippen LogP contribution in [0.25, 0.3) is 0 Å². The molecule has 0 aliphatic carbocycles. The van der Waals surface area contributed by atoms with Crippen LogP contribution in [0.15, 0.2) is 22.7 Å². The number of halogens is 2. The van der Waals surface area contributed by atoms with Crippen LogP contribution in [0.3, 0.4) is 0 Å². The first-order valence-corrected chi connectivity index (χ1v) is 5.55. The SMILES string of the molecule is COCC(N)C(=O)Cc1cccc(F)c1Br. The highest BCUT2D eigenvalue weighted by Crippen LogP contribution is 2.21. The summed E-state index contributed by atoms with van der Waals surface area (Å²) in [6.07, 6.45) is 0.100. The summed E-state index contributed by atoms with van der Waals surface area (Å²) in [6, 6.07) is 3.91. The van der Waals surface area contributed by atoms with Gasteiger partial charge in [0.15, 0.2) is 5.78 Å². The predicted octanol–water partition coefficient (Wildman–Crippen LogP) is 1.67. The third-order valence-corrected chi connectivity index (χ3v) is 3.04. The van der Waals surface area contributed by atoms with Crippen LogP contribution in [-0.2, 0) is 16.0 Å². The van der Waals surface area contributed by atoms with E-state index < -0.39 is 6.04 Å². The van der Waals surface area contributed by atoms with Crippen molar-refractivity contribution < 1.29 is 13.9 Å². The minimum absolute atomic E-state index is 0.100. The van der Waals surface area contributed by atoms with Crippen LogP contribution in [-0.4, -0.2) is 25.5 Å². The van der Waals surface area contributed by atoms with Crippen molar-refractivity contribution in [3.8, 4) is 0 Å². The number of hydrogen-bond acceptors (Lipinski definition) is 3. The number of methoxy groups -OCH3 is 1. The van der Waals surface area contributed by atoms with E-state index in [0.717, 1.165) is 0 Å². The van der Waals surface area contributed by atoms with Crippen molar-refractivity contribution in [3.63, 3.8) is 0 Å². The Bertz CT molecular complexity index is 384. The lowest BCUT2D eigenvalue weighted by molar-refractivity contribution is -0.120. The molecule has 2 N–H and O–H groups in total. The number of carbonyl (C=O) groups is 1. The van der Waals surface area contributed by atoms with Crippen molar-refractivity contribution >= 4 is 21.7 Å². The standard InChI is InChI=1S/C11H13BrFNO2/c1-16-6-9(14)10(15)5-7-3-2-4-8(13)11(7)12/h2-4,9H,5-6,14H2,1H3. The number of nitrogens with two attached hydrogens (primary N) is 1. The van der Waals surface area contributed by atoms with E-state index >= 15 is 0 Å². The maximum atomic E-state index is 13.2. The topological polar surface area (TPSA) is 52.3 Å². The van der Waals surface area contributed by atoms with Gasteiger partial charge >= 0.3 is 0 Å². The lowest BCUT2D eigenvalue weighted by Crippen LogP contribution is -2.36. The minimum Gasteiger partial charge on any atom is -0.383 e. The molecular weight excluding hydrogens is 277 g/mol. The lowest BCUT2D eigenvalue weighted by atomic mass is 10.0. The third-order valence-electron chi connectivity index (χ3n) is 2.16. The minimum atomic E-state index is -0.667. The second kappa shape index (κ2) is 6.08. The summed E-state index contributed by atoms with van der Waals surface area (Å²) in [6.45, 7) is 0.172. The quantitative estimate of drug-likeness (QED) is 0.897. The van der Waals surface area contributed by atoms with Gasteiger partial charge in [-0.05, 0) is 27.6 Å². The molecule has 1 atom stereocenters. The first kappa shape index (κ1) is 13.3. The highest BCUT2D eigenvalue weighted by Gasteiger charge is 2.16. The van der Waals surface area contributed by atoms with Gasteiger partial charge in [-0.15, -0.1) is 0 Å². The Morgan fingerprint density at radius 2 is 2.31 bits per heavy atom. The predicted molar refractivity (Wildman–Crippen MR) is 62.7 cm³/mol. The summed E-state index contributed by atoms with van der Waals surface area (Å²) < 4.78 is 18.3. The van der Waals surface area contributed by atoms with E-state index in [0.29, 0.717) is 10.0 Å². The fraction of sp³-hybridized carbons (Fsp3) is 0.364. The van der Waals surface area contributed by atoms with Crippen molar-refractivity contribution in [1.29, 1.82) is 0 Å². The van der Waals surface area contributed by atoms with Gasteiger partial charge in [-0.3, -0.25) is 4.79 Å². The number of benzene rings is 1. The third kappa shape index (κ3) is 3.37. The molecule has 88 valence electrons. The average Bonchev–Trinajstić information content (AvgIpc) is 2.25. The Balaban J connectivity index is 2.73. The molecule has 0 radical (unpaired) electrons. The largest absolute Gasteiger partial charge is 0.383 e. The zero-order valence-electron chi connectivity index (χ0n) is 8.87. The molecular formula is C11H13BrFNO2. The Labute approximate surface area is 102 Å². The van der Waals surface area contributed by atoms with E-state index in [-0.39, 0.29) is 24.6 Å². The van der Waals surface area contributed by atoms with E-state index in [1.165, 1.54) is 13.2 Å². The monoisotopic (exact) mass is 289 g/mol. The van der Waals surface area contributed by atoms with Gasteiger partial charge in [-0.25, -0.2) is 4.39 Å². The van der Waals surface area contributed by atoms with Crippen molar-refractivity contribution in [2.24, 2.45) is 5.73 Å². The van der Waals surface area contributed by atoms with Gasteiger partial charge in [-0.1, -0.05) is 12.1 Å². The zero-order valence-corrected chi connectivity index (χ0v) is 10.5. The summed E-state index contributed by atoms with van der Waals surface area (Å²) in [5.74, 6) is -0.557. The molecule has 1 unspecified atom stereocenters. The first-order chi connectivity index (χ1) is 7.56.